The van der Waals surface area contributed by atoms with Gasteiger partial charge in [-0.3, -0.25) is 9.59 Å². The Morgan fingerprint density at radius 3 is 1.96 bits per heavy atom. The van der Waals surface area contributed by atoms with Gasteiger partial charge < -0.3 is 0 Å². The number of allylic oxidation sites excluding steroid dienone is 2. The molecule has 5 atom stereocenters. The molecule has 4 aliphatic carbocycles. The van der Waals surface area contributed by atoms with Gasteiger partial charge in [-0.1, -0.05) is 54.9 Å². The molecule has 2 bridgehead atoms. The van der Waals surface area contributed by atoms with Crippen molar-refractivity contribution in [3.63, 3.8) is 0 Å². The monoisotopic (exact) mass is 390 g/mol. The van der Waals surface area contributed by atoms with E-state index in [0.717, 1.165) is 41.5 Å². The van der Waals surface area contributed by atoms with Crippen LogP contribution < -0.4 is 0 Å². The summed E-state index contributed by atoms with van der Waals surface area (Å²) in [6, 6.07) is 13.9. The SMILES string of the molecule is CCc1ccc(-c2ccc(Cl)cc2)cc1C1C(=O)[C@@H]2[C@H](C1=O)[C@@H]1C=C[C@H]2CC1. The molecule has 2 aromatic rings. The van der Waals surface area contributed by atoms with Crippen molar-refractivity contribution in [3.05, 3.63) is 70.8 Å². The van der Waals surface area contributed by atoms with E-state index >= 15 is 0 Å². The van der Waals surface area contributed by atoms with Crippen molar-refractivity contribution in [2.75, 3.05) is 0 Å². The van der Waals surface area contributed by atoms with Crippen molar-refractivity contribution in [2.24, 2.45) is 23.7 Å². The summed E-state index contributed by atoms with van der Waals surface area (Å²) in [6.07, 6.45) is 7.27. The zero-order valence-electron chi connectivity index (χ0n) is 15.9. The molecular weight excluding hydrogens is 368 g/mol. The number of hydrogen-bond donors (Lipinski definition) is 0. The van der Waals surface area contributed by atoms with Gasteiger partial charge in [-0.2, -0.15) is 0 Å². The first-order valence-electron chi connectivity index (χ1n) is 10.2. The second kappa shape index (κ2) is 6.70. The molecule has 0 heterocycles. The molecule has 3 heteroatoms. The molecule has 6 rings (SSSR count). The Hall–Kier alpha value is -2.19. The van der Waals surface area contributed by atoms with E-state index < -0.39 is 5.92 Å². The molecule has 0 aliphatic heterocycles. The quantitative estimate of drug-likeness (QED) is 0.502. The lowest BCUT2D eigenvalue weighted by Gasteiger charge is -2.39. The summed E-state index contributed by atoms with van der Waals surface area (Å²) in [5.74, 6) is -0.00792. The Labute approximate surface area is 170 Å². The Kier molecular flexibility index (Phi) is 4.28. The van der Waals surface area contributed by atoms with E-state index in [1.54, 1.807) is 0 Å². The standard InChI is InChI=1S/C25H23ClO2/c1-2-14-3-8-18(15-9-11-19(26)12-10-15)13-20(14)23-24(27)21-16-4-5-17(7-6-16)22(21)25(23)28/h3-5,8-13,16-17,21-23H,2,6-7H2,1H3/t16-,17+,21-,22+,23?. The fraction of sp³-hybridized carbons (Fsp3) is 0.360. The summed E-state index contributed by atoms with van der Waals surface area (Å²) in [7, 11) is 0. The topological polar surface area (TPSA) is 34.1 Å². The van der Waals surface area contributed by atoms with Gasteiger partial charge in [0, 0.05) is 16.9 Å². The number of Topliss-reactive ketones (excluding diaryl/α,β-unsaturated/α-hetero) is 2. The van der Waals surface area contributed by atoms with Crippen LogP contribution in [0.5, 0.6) is 0 Å². The van der Waals surface area contributed by atoms with Gasteiger partial charge in [-0.25, -0.2) is 0 Å². The predicted molar refractivity (Wildman–Crippen MR) is 111 cm³/mol. The molecule has 4 aliphatic rings. The van der Waals surface area contributed by atoms with Crippen molar-refractivity contribution >= 4 is 23.2 Å². The van der Waals surface area contributed by atoms with Gasteiger partial charge in [0.15, 0.2) is 11.6 Å². The zero-order valence-corrected chi connectivity index (χ0v) is 16.7. The van der Waals surface area contributed by atoms with Crippen molar-refractivity contribution in [1.29, 1.82) is 0 Å². The van der Waals surface area contributed by atoms with E-state index in [1.165, 1.54) is 0 Å². The maximum Gasteiger partial charge on any atom is 0.152 e. The van der Waals surface area contributed by atoms with Gasteiger partial charge in [0.1, 0.15) is 5.92 Å². The van der Waals surface area contributed by atoms with Gasteiger partial charge >= 0.3 is 0 Å². The number of hydrogen-bond acceptors (Lipinski definition) is 2. The van der Waals surface area contributed by atoms with Crippen molar-refractivity contribution < 1.29 is 9.59 Å². The first kappa shape index (κ1) is 17.9. The fourth-order valence-electron chi connectivity index (χ4n) is 5.61. The van der Waals surface area contributed by atoms with Crippen LogP contribution in [0.3, 0.4) is 0 Å². The van der Waals surface area contributed by atoms with E-state index in [9.17, 15) is 9.59 Å². The van der Waals surface area contributed by atoms with Crippen LogP contribution >= 0.6 is 11.6 Å². The highest BCUT2D eigenvalue weighted by Crippen LogP contribution is 2.53. The summed E-state index contributed by atoms with van der Waals surface area (Å²) in [4.78, 5) is 26.9. The molecule has 0 saturated heterocycles. The van der Waals surface area contributed by atoms with Crippen LogP contribution in [0.4, 0.5) is 0 Å². The molecule has 2 aromatic carbocycles. The molecule has 28 heavy (non-hydrogen) atoms. The largest absolute Gasteiger partial charge is 0.298 e. The second-order valence-electron chi connectivity index (χ2n) is 8.35. The van der Waals surface area contributed by atoms with Gasteiger partial charge in [-0.05, 0) is 71.6 Å². The van der Waals surface area contributed by atoms with E-state index in [0.29, 0.717) is 5.02 Å². The van der Waals surface area contributed by atoms with Crippen LogP contribution in [0.25, 0.3) is 11.1 Å². The predicted octanol–water partition coefficient (Wildman–Crippen LogP) is 5.63. The van der Waals surface area contributed by atoms with Gasteiger partial charge in [0.05, 0.1) is 0 Å². The highest BCUT2D eigenvalue weighted by Gasteiger charge is 2.57. The van der Waals surface area contributed by atoms with E-state index in [2.05, 4.69) is 37.3 Å². The minimum Gasteiger partial charge on any atom is -0.298 e. The highest BCUT2D eigenvalue weighted by atomic mass is 35.5. The average Bonchev–Trinajstić information content (AvgIpc) is 3.01. The smallest absolute Gasteiger partial charge is 0.152 e. The lowest BCUT2D eigenvalue weighted by atomic mass is 9.63. The molecule has 0 N–H and O–H groups in total. The second-order valence-corrected chi connectivity index (χ2v) is 8.79. The third-order valence-electron chi connectivity index (χ3n) is 6.99. The highest BCUT2D eigenvalue weighted by molar-refractivity contribution is 6.30. The third-order valence-corrected chi connectivity index (χ3v) is 7.24. The van der Waals surface area contributed by atoms with E-state index in [-0.39, 0.29) is 35.2 Å². The lowest BCUT2D eigenvalue weighted by molar-refractivity contribution is -0.125. The number of fused-ring (bicyclic) bond motifs is 1. The molecule has 0 radical (unpaired) electrons. The van der Waals surface area contributed by atoms with Crippen LogP contribution in [0.2, 0.25) is 5.02 Å². The minimum absolute atomic E-state index is 0.106. The normalized spacial score (nSPS) is 30.7. The van der Waals surface area contributed by atoms with Gasteiger partial charge in [0.2, 0.25) is 0 Å². The number of aryl methyl sites for hydroxylation is 1. The van der Waals surface area contributed by atoms with Crippen LogP contribution in [0, 0.1) is 23.7 Å². The van der Waals surface area contributed by atoms with Crippen LogP contribution in [-0.2, 0) is 16.0 Å². The molecule has 2 fully saturated rings. The van der Waals surface area contributed by atoms with Crippen LogP contribution in [0.1, 0.15) is 36.8 Å². The van der Waals surface area contributed by atoms with Gasteiger partial charge in [-0.15, -0.1) is 0 Å². The summed E-state index contributed by atoms with van der Waals surface area (Å²) in [5, 5.41) is 0.697. The Balaban J connectivity index is 1.59. The first-order valence-corrected chi connectivity index (χ1v) is 10.6. The van der Waals surface area contributed by atoms with Crippen molar-refractivity contribution in [1.82, 2.24) is 0 Å². The number of carbonyl (C=O) groups excluding carboxylic acids is 2. The minimum atomic E-state index is -0.597. The van der Waals surface area contributed by atoms with E-state index in [4.69, 9.17) is 11.6 Å². The summed E-state index contributed by atoms with van der Waals surface area (Å²) < 4.78 is 0. The number of benzene rings is 2. The Morgan fingerprint density at radius 2 is 1.43 bits per heavy atom. The van der Waals surface area contributed by atoms with Crippen molar-refractivity contribution in [2.45, 2.75) is 32.1 Å². The molecular formula is C25H23ClO2. The summed E-state index contributed by atoms with van der Waals surface area (Å²) in [5.41, 5.74) is 4.09. The molecule has 1 unspecified atom stereocenters. The average molecular weight is 391 g/mol. The number of halogens is 1. The van der Waals surface area contributed by atoms with Crippen molar-refractivity contribution in [3.8, 4) is 11.1 Å². The third kappa shape index (κ3) is 2.62. The maximum absolute atomic E-state index is 13.4. The summed E-state index contributed by atoms with van der Waals surface area (Å²) in [6.45, 7) is 2.09. The molecule has 2 nitrogen and oxygen atoms in total. The molecule has 0 amide bonds. The molecule has 0 aromatic heterocycles. The number of rotatable bonds is 3. The molecule has 142 valence electrons. The number of carbonyl (C=O) groups is 2. The van der Waals surface area contributed by atoms with Crippen LogP contribution in [-0.4, -0.2) is 11.6 Å². The first-order chi connectivity index (χ1) is 13.6. The maximum atomic E-state index is 13.4. The Bertz CT molecular complexity index is 956. The Morgan fingerprint density at radius 1 is 0.857 bits per heavy atom. The zero-order chi connectivity index (χ0) is 19.4. The lowest BCUT2D eigenvalue weighted by Crippen LogP contribution is -2.38. The van der Waals surface area contributed by atoms with E-state index in [1.807, 2.05) is 24.3 Å². The summed E-state index contributed by atoms with van der Waals surface area (Å²) >= 11 is 6.03. The van der Waals surface area contributed by atoms with Gasteiger partial charge in [0.25, 0.3) is 0 Å². The number of ketones is 2. The van der Waals surface area contributed by atoms with Crippen LogP contribution in [0.15, 0.2) is 54.6 Å². The molecule has 2 saturated carbocycles. The fourth-order valence-corrected chi connectivity index (χ4v) is 5.74. The molecule has 0 spiro atoms.